The average Bonchev–Trinajstić information content (AvgIpc) is 2.64. The molecule has 2 aliphatic heterocycles. The van der Waals surface area contributed by atoms with Crippen molar-refractivity contribution < 1.29 is 9.84 Å². The van der Waals surface area contributed by atoms with Gasteiger partial charge in [0.15, 0.2) is 0 Å². The molecule has 1 aromatic heterocycles. The molecule has 0 aliphatic carbocycles. The Morgan fingerprint density at radius 1 is 1.30 bits per heavy atom. The number of hydrogen-bond acceptors (Lipinski definition) is 5. The maximum Gasteiger partial charge on any atom is 0.239 e. The van der Waals surface area contributed by atoms with Crippen molar-refractivity contribution in [1.29, 1.82) is 0 Å². The van der Waals surface area contributed by atoms with Gasteiger partial charge in [-0.1, -0.05) is 0 Å². The fourth-order valence-electron chi connectivity index (χ4n) is 3.43. The van der Waals surface area contributed by atoms with E-state index in [4.69, 9.17) is 10.5 Å². The van der Waals surface area contributed by atoms with Gasteiger partial charge in [0.05, 0.1) is 17.9 Å². The highest BCUT2D eigenvalue weighted by atomic mass is 16.5. The van der Waals surface area contributed by atoms with E-state index in [-0.39, 0.29) is 12.2 Å². The van der Waals surface area contributed by atoms with Crippen molar-refractivity contribution in [2.24, 2.45) is 0 Å². The van der Waals surface area contributed by atoms with E-state index in [1.54, 1.807) is 0 Å². The minimum atomic E-state index is -0.163. The molecule has 3 heterocycles. The molecule has 5 heteroatoms. The molecule has 0 radical (unpaired) electrons. The first kappa shape index (κ1) is 13.5. The minimum absolute atomic E-state index is 0.0555. The van der Waals surface area contributed by atoms with E-state index >= 15 is 0 Å². The first-order chi connectivity index (χ1) is 9.54. The summed E-state index contributed by atoms with van der Waals surface area (Å²) in [6, 6.07) is 4.62. The summed E-state index contributed by atoms with van der Waals surface area (Å²) < 4.78 is 5.68. The Morgan fingerprint density at radius 3 is 2.55 bits per heavy atom. The Labute approximate surface area is 119 Å². The fourth-order valence-corrected chi connectivity index (χ4v) is 3.43. The van der Waals surface area contributed by atoms with Crippen LogP contribution in [0.15, 0.2) is 12.1 Å². The molecule has 2 aliphatic rings. The highest BCUT2D eigenvalue weighted by Crippen LogP contribution is 2.39. The topological polar surface area (TPSA) is 71.6 Å². The van der Waals surface area contributed by atoms with Gasteiger partial charge in [-0.25, -0.2) is 0 Å². The summed E-state index contributed by atoms with van der Waals surface area (Å²) in [5.41, 5.74) is 6.50. The molecule has 3 rings (SSSR count). The number of nitrogens with zero attached hydrogens (tertiary/aromatic N) is 2. The SMILES string of the molecule is CC(C)Oc1nc(N2C3CCC2CC(O)C3)ccc1N. The summed E-state index contributed by atoms with van der Waals surface area (Å²) >= 11 is 0. The van der Waals surface area contributed by atoms with Crippen LogP contribution in [0.3, 0.4) is 0 Å². The number of piperidine rings is 1. The number of aliphatic hydroxyl groups excluding tert-OH is 1. The number of ether oxygens (including phenoxy) is 1. The fraction of sp³-hybridized carbons (Fsp3) is 0.667. The molecule has 20 heavy (non-hydrogen) atoms. The summed E-state index contributed by atoms with van der Waals surface area (Å²) in [6.45, 7) is 3.93. The van der Waals surface area contributed by atoms with Gasteiger partial charge in [0, 0.05) is 12.1 Å². The molecule has 3 N–H and O–H groups in total. The molecule has 2 saturated heterocycles. The summed E-state index contributed by atoms with van der Waals surface area (Å²) in [4.78, 5) is 6.95. The molecule has 5 nitrogen and oxygen atoms in total. The first-order valence-electron chi connectivity index (χ1n) is 7.44. The normalized spacial score (nSPS) is 29.0. The molecule has 0 amide bonds. The number of nitrogen functional groups attached to an aromatic ring is 1. The van der Waals surface area contributed by atoms with Crippen LogP contribution in [0, 0.1) is 0 Å². The van der Waals surface area contributed by atoms with Gasteiger partial charge in [0.25, 0.3) is 0 Å². The van der Waals surface area contributed by atoms with Crippen LogP contribution < -0.4 is 15.4 Å². The average molecular weight is 277 g/mol. The van der Waals surface area contributed by atoms with Crippen LogP contribution in [0.4, 0.5) is 11.5 Å². The van der Waals surface area contributed by atoms with Crippen LogP contribution in [0.25, 0.3) is 0 Å². The van der Waals surface area contributed by atoms with Gasteiger partial charge in [-0.3, -0.25) is 0 Å². The van der Waals surface area contributed by atoms with E-state index in [9.17, 15) is 5.11 Å². The van der Waals surface area contributed by atoms with Gasteiger partial charge in [0.1, 0.15) is 5.82 Å². The van der Waals surface area contributed by atoms with E-state index in [1.807, 2.05) is 26.0 Å². The van der Waals surface area contributed by atoms with E-state index in [1.165, 1.54) is 0 Å². The number of fused-ring (bicyclic) bond motifs is 2. The number of anilines is 2. The van der Waals surface area contributed by atoms with Crippen LogP contribution in [0.2, 0.25) is 0 Å². The third-order valence-corrected chi connectivity index (χ3v) is 4.20. The molecule has 2 bridgehead atoms. The number of aliphatic hydroxyl groups is 1. The Bertz CT molecular complexity index is 478. The summed E-state index contributed by atoms with van der Waals surface area (Å²) in [5, 5.41) is 9.88. The van der Waals surface area contributed by atoms with E-state index < -0.39 is 0 Å². The van der Waals surface area contributed by atoms with Crippen LogP contribution >= 0.6 is 0 Å². The van der Waals surface area contributed by atoms with Gasteiger partial charge < -0.3 is 20.5 Å². The van der Waals surface area contributed by atoms with Crippen LogP contribution in [-0.4, -0.2) is 34.4 Å². The molecule has 110 valence electrons. The maximum absolute atomic E-state index is 9.88. The van der Waals surface area contributed by atoms with E-state index in [2.05, 4.69) is 9.88 Å². The summed E-state index contributed by atoms with van der Waals surface area (Å²) in [6.07, 6.45) is 3.83. The van der Waals surface area contributed by atoms with Gasteiger partial charge in [-0.2, -0.15) is 4.98 Å². The zero-order valence-corrected chi connectivity index (χ0v) is 12.1. The first-order valence-corrected chi connectivity index (χ1v) is 7.44. The molecule has 0 spiro atoms. The Balaban J connectivity index is 1.87. The van der Waals surface area contributed by atoms with Gasteiger partial charge in [0.2, 0.25) is 5.88 Å². The van der Waals surface area contributed by atoms with Crippen LogP contribution in [0.5, 0.6) is 5.88 Å². The van der Waals surface area contributed by atoms with Gasteiger partial charge in [-0.15, -0.1) is 0 Å². The van der Waals surface area contributed by atoms with Crippen molar-refractivity contribution in [2.75, 3.05) is 10.6 Å². The predicted octanol–water partition coefficient (Wildman–Crippen LogP) is 1.94. The molecule has 0 saturated carbocycles. The number of hydrogen-bond donors (Lipinski definition) is 2. The molecular weight excluding hydrogens is 254 g/mol. The standard InChI is InChI=1S/C15H23N3O2/c1-9(2)20-15-13(16)5-6-14(17-15)18-10-3-4-11(18)8-12(19)7-10/h5-6,9-12,19H,3-4,7-8,16H2,1-2H3. The summed E-state index contributed by atoms with van der Waals surface area (Å²) in [7, 11) is 0. The molecule has 2 unspecified atom stereocenters. The smallest absolute Gasteiger partial charge is 0.239 e. The lowest BCUT2D eigenvalue weighted by atomic mass is 10.00. The maximum atomic E-state index is 9.88. The zero-order chi connectivity index (χ0) is 14.3. The second kappa shape index (κ2) is 5.13. The number of rotatable bonds is 3. The van der Waals surface area contributed by atoms with Crippen molar-refractivity contribution >= 4 is 11.5 Å². The Morgan fingerprint density at radius 2 is 1.95 bits per heavy atom. The zero-order valence-electron chi connectivity index (χ0n) is 12.1. The molecule has 2 atom stereocenters. The van der Waals surface area contributed by atoms with Crippen molar-refractivity contribution in [3.05, 3.63) is 12.1 Å². The number of aromatic nitrogens is 1. The lowest BCUT2D eigenvalue weighted by Gasteiger charge is -2.38. The van der Waals surface area contributed by atoms with E-state index in [0.29, 0.717) is 23.7 Å². The molecular formula is C15H23N3O2. The van der Waals surface area contributed by atoms with Crippen LogP contribution in [0.1, 0.15) is 39.5 Å². The summed E-state index contributed by atoms with van der Waals surface area (Å²) in [5.74, 6) is 1.44. The minimum Gasteiger partial charge on any atom is -0.473 e. The second-order valence-electron chi connectivity index (χ2n) is 6.15. The molecule has 2 fully saturated rings. The third kappa shape index (κ3) is 2.42. The van der Waals surface area contributed by atoms with E-state index in [0.717, 1.165) is 31.5 Å². The number of nitrogens with two attached hydrogens (primary N) is 1. The van der Waals surface area contributed by atoms with Crippen molar-refractivity contribution in [3.63, 3.8) is 0 Å². The Kier molecular flexibility index (Phi) is 3.46. The predicted molar refractivity (Wildman–Crippen MR) is 78.9 cm³/mol. The van der Waals surface area contributed by atoms with Crippen molar-refractivity contribution in [1.82, 2.24) is 4.98 Å². The second-order valence-corrected chi connectivity index (χ2v) is 6.15. The molecule has 0 aromatic carbocycles. The van der Waals surface area contributed by atoms with Gasteiger partial charge in [-0.05, 0) is 51.7 Å². The molecule has 1 aromatic rings. The lowest BCUT2D eigenvalue weighted by molar-refractivity contribution is 0.126. The third-order valence-electron chi connectivity index (χ3n) is 4.20. The Hall–Kier alpha value is -1.49. The highest BCUT2D eigenvalue weighted by molar-refractivity contribution is 5.56. The quantitative estimate of drug-likeness (QED) is 0.883. The largest absolute Gasteiger partial charge is 0.473 e. The van der Waals surface area contributed by atoms with Gasteiger partial charge >= 0.3 is 0 Å². The monoisotopic (exact) mass is 277 g/mol. The van der Waals surface area contributed by atoms with Crippen molar-refractivity contribution in [3.8, 4) is 5.88 Å². The van der Waals surface area contributed by atoms with Crippen LogP contribution in [-0.2, 0) is 0 Å². The lowest BCUT2D eigenvalue weighted by Crippen LogP contribution is -2.45. The highest BCUT2D eigenvalue weighted by Gasteiger charge is 2.40. The van der Waals surface area contributed by atoms with Crippen molar-refractivity contribution in [2.45, 2.75) is 63.8 Å². The number of pyridine rings is 1.